The summed E-state index contributed by atoms with van der Waals surface area (Å²) in [5, 5.41) is 0. The van der Waals surface area contributed by atoms with Crippen LogP contribution in [0.4, 0.5) is 0 Å². The van der Waals surface area contributed by atoms with Gasteiger partial charge in [0.25, 0.3) is 0 Å². The van der Waals surface area contributed by atoms with Gasteiger partial charge < -0.3 is 15.4 Å². The van der Waals surface area contributed by atoms with E-state index in [2.05, 4.69) is 44.0 Å². The Morgan fingerprint density at radius 3 is 2.63 bits per heavy atom. The number of rotatable bonds is 8. The molecular formula is C16H28N2O. The molecule has 0 aliphatic rings. The molecule has 0 bridgehead atoms. The molecule has 0 aliphatic heterocycles. The zero-order chi connectivity index (χ0) is 14.3. The predicted octanol–water partition coefficient (Wildman–Crippen LogP) is 2.47. The van der Waals surface area contributed by atoms with Crippen molar-refractivity contribution in [1.82, 2.24) is 4.90 Å². The third-order valence-electron chi connectivity index (χ3n) is 3.48. The van der Waals surface area contributed by atoms with Gasteiger partial charge in [-0.05, 0) is 57.0 Å². The minimum absolute atomic E-state index is 0.278. The fraction of sp³-hybridized carbons (Fsp3) is 0.625. The van der Waals surface area contributed by atoms with Crippen LogP contribution in [0.25, 0.3) is 0 Å². The lowest BCUT2D eigenvalue weighted by Crippen LogP contribution is -2.27. The van der Waals surface area contributed by atoms with E-state index in [1.165, 1.54) is 11.1 Å². The van der Waals surface area contributed by atoms with Gasteiger partial charge in [-0.3, -0.25) is 0 Å². The van der Waals surface area contributed by atoms with Crippen LogP contribution in [0.3, 0.4) is 0 Å². The summed E-state index contributed by atoms with van der Waals surface area (Å²) in [5.41, 5.74) is 8.45. The number of nitrogens with two attached hydrogens (primary N) is 1. The topological polar surface area (TPSA) is 38.5 Å². The number of likely N-dealkylation sites (N-methyl/N-ethyl adjacent to an activating group) is 1. The molecule has 0 saturated heterocycles. The zero-order valence-corrected chi connectivity index (χ0v) is 12.8. The van der Waals surface area contributed by atoms with Crippen molar-refractivity contribution in [2.24, 2.45) is 5.73 Å². The highest BCUT2D eigenvalue weighted by Gasteiger charge is 2.06. The molecule has 0 aliphatic carbocycles. The Labute approximate surface area is 117 Å². The lowest BCUT2D eigenvalue weighted by molar-refractivity contribution is 0.322. The Kier molecular flexibility index (Phi) is 6.89. The normalized spacial score (nSPS) is 12.7. The van der Waals surface area contributed by atoms with Crippen molar-refractivity contribution >= 4 is 0 Å². The number of hydrogen-bond donors (Lipinski definition) is 1. The summed E-state index contributed by atoms with van der Waals surface area (Å²) in [4.78, 5) is 2.33. The SMILES string of the molecule is CCc1ccc(OC)c(CCN(C)CCC(C)N)c1. The first-order valence-corrected chi connectivity index (χ1v) is 7.16. The molecule has 1 aromatic carbocycles. The summed E-state index contributed by atoms with van der Waals surface area (Å²) in [6, 6.07) is 6.76. The van der Waals surface area contributed by atoms with E-state index in [9.17, 15) is 0 Å². The van der Waals surface area contributed by atoms with Crippen molar-refractivity contribution in [3.05, 3.63) is 29.3 Å². The van der Waals surface area contributed by atoms with Crippen molar-refractivity contribution in [2.45, 2.75) is 39.2 Å². The van der Waals surface area contributed by atoms with Crippen LogP contribution in [0.15, 0.2) is 18.2 Å². The van der Waals surface area contributed by atoms with Crippen molar-refractivity contribution in [2.75, 3.05) is 27.2 Å². The first-order chi connectivity index (χ1) is 9.06. The quantitative estimate of drug-likeness (QED) is 0.784. The van der Waals surface area contributed by atoms with Gasteiger partial charge in [0.2, 0.25) is 0 Å². The van der Waals surface area contributed by atoms with E-state index < -0.39 is 0 Å². The van der Waals surface area contributed by atoms with Crippen molar-refractivity contribution in [3.63, 3.8) is 0 Å². The molecule has 0 heterocycles. The monoisotopic (exact) mass is 264 g/mol. The van der Waals surface area contributed by atoms with Crippen LogP contribution in [0, 0.1) is 0 Å². The second-order valence-corrected chi connectivity index (χ2v) is 5.32. The molecule has 3 nitrogen and oxygen atoms in total. The third-order valence-corrected chi connectivity index (χ3v) is 3.48. The maximum absolute atomic E-state index is 5.78. The smallest absolute Gasteiger partial charge is 0.122 e. The van der Waals surface area contributed by atoms with Gasteiger partial charge in [-0.15, -0.1) is 0 Å². The number of nitrogens with zero attached hydrogens (tertiary/aromatic N) is 1. The number of hydrogen-bond acceptors (Lipinski definition) is 3. The number of benzene rings is 1. The summed E-state index contributed by atoms with van der Waals surface area (Å²) >= 11 is 0. The Morgan fingerprint density at radius 2 is 2.05 bits per heavy atom. The van der Waals surface area contributed by atoms with Gasteiger partial charge in [-0.1, -0.05) is 19.1 Å². The van der Waals surface area contributed by atoms with E-state index >= 15 is 0 Å². The Bertz CT molecular complexity index is 377. The molecule has 0 amide bonds. The molecule has 0 fully saturated rings. The van der Waals surface area contributed by atoms with Gasteiger partial charge in [0, 0.05) is 12.6 Å². The Balaban J connectivity index is 2.55. The largest absolute Gasteiger partial charge is 0.496 e. The first kappa shape index (κ1) is 16.0. The molecule has 3 heteroatoms. The third kappa shape index (κ3) is 5.62. The summed E-state index contributed by atoms with van der Waals surface area (Å²) in [6.07, 6.45) is 3.13. The second-order valence-electron chi connectivity index (χ2n) is 5.32. The molecule has 1 aromatic rings. The minimum atomic E-state index is 0.278. The number of aryl methyl sites for hydroxylation is 1. The molecule has 0 radical (unpaired) electrons. The maximum Gasteiger partial charge on any atom is 0.122 e. The van der Waals surface area contributed by atoms with Gasteiger partial charge in [0.15, 0.2) is 0 Å². The summed E-state index contributed by atoms with van der Waals surface area (Å²) < 4.78 is 5.44. The molecular weight excluding hydrogens is 236 g/mol. The van der Waals surface area contributed by atoms with Crippen LogP contribution in [0.5, 0.6) is 5.75 Å². The minimum Gasteiger partial charge on any atom is -0.496 e. The lowest BCUT2D eigenvalue weighted by atomic mass is 10.0. The zero-order valence-electron chi connectivity index (χ0n) is 12.8. The molecule has 1 rings (SSSR count). The van der Waals surface area contributed by atoms with Crippen molar-refractivity contribution < 1.29 is 4.74 Å². The van der Waals surface area contributed by atoms with Gasteiger partial charge in [-0.2, -0.15) is 0 Å². The maximum atomic E-state index is 5.78. The number of methoxy groups -OCH3 is 1. The van der Waals surface area contributed by atoms with Crippen LogP contribution < -0.4 is 10.5 Å². The predicted molar refractivity (Wildman–Crippen MR) is 81.8 cm³/mol. The highest BCUT2D eigenvalue weighted by molar-refractivity contribution is 5.37. The van der Waals surface area contributed by atoms with Gasteiger partial charge in [0.05, 0.1) is 7.11 Å². The fourth-order valence-electron chi connectivity index (χ4n) is 2.09. The fourth-order valence-corrected chi connectivity index (χ4v) is 2.09. The molecule has 108 valence electrons. The second kappa shape index (κ2) is 8.18. The molecule has 1 atom stereocenters. The number of ether oxygens (including phenoxy) is 1. The molecule has 0 saturated carbocycles. The highest BCUT2D eigenvalue weighted by atomic mass is 16.5. The average Bonchev–Trinajstić information content (AvgIpc) is 2.42. The van der Waals surface area contributed by atoms with Crippen LogP contribution in [0.1, 0.15) is 31.4 Å². The van der Waals surface area contributed by atoms with Crippen molar-refractivity contribution in [1.29, 1.82) is 0 Å². The standard InChI is InChI=1S/C16H28N2O/c1-5-14-6-7-16(19-4)15(12-14)9-11-18(3)10-8-13(2)17/h6-7,12-13H,5,8-11,17H2,1-4H3. The van der Waals surface area contributed by atoms with Crippen LogP contribution in [0.2, 0.25) is 0 Å². The molecule has 1 unspecified atom stereocenters. The van der Waals surface area contributed by atoms with E-state index in [-0.39, 0.29) is 6.04 Å². The Morgan fingerprint density at radius 1 is 1.32 bits per heavy atom. The summed E-state index contributed by atoms with van der Waals surface area (Å²) in [5.74, 6) is 0.998. The molecule has 0 aromatic heterocycles. The van der Waals surface area contributed by atoms with E-state index in [1.807, 2.05) is 0 Å². The van der Waals surface area contributed by atoms with E-state index in [0.29, 0.717) is 0 Å². The van der Waals surface area contributed by atoms with E-state index in [1.54, 1.807) is 7.11 Å². The summed E-state index contributed by atoms with van der Waals surface area (Å²) in [6.45, 7) is 6.33. The van der Waals surface area contributed by atoms with Gasteiger partial charge >= 0.3 is 0 Å². The Hall–Kier alpha value is -1.06. The first-order valence-electron chi connectivity index (χ1n) is 7.16. The molecule has 0 spiro atoms. The van der Waals surface area contributed by atoms with Crippen LogP contribution >= 0.6 is 0 Å². The van der Waals surface area contributed by atoms with Gasteiger partial charge in [0.1, 0.15) is 5.75 Å². The van der Waals surface area contributed by atoms with Crippen molar-refractivity contribution in [3.8, 4) is 5.75 Å². The van der Waals surface area contributed by atoms with E-state index in [4.69, 9.17) is 10.5 Å². The van der Waals surface area contributed by atoms with Crippen LogP contribution in [-0.4, -0.2) is 38.2 Å². The van der Waals surface area contributed by atoms with E-state index in [0.717, 1.165) is 38.1 Å². The molecule has 2 N–H and O–H groups in total. The van der Waals surface area contributed by atoms with Gasteiger partial charge in [-0.25, -0.2) is 0 Å². The average molecular weight is 264 g/mol. The molecule has 19 heavy (non-hydrogen) atoms. The lowest BCUT2D eigenvalue weighted by Gasteiger charge is -2.18. The summed E-state index contributed by atoms with van der Waals surface area (Å²) in [7, 11) is 3.89. The van der Waals surface area contributed by atoms with Crippen LogP contribution in [-0.2, 0) is 12.8 Å². The highest BCUT2D eigenvalue weighted by Crippen LogP contribution is 2.21.